The van der Waals surface area contributed by atoms with Crippen molar-refractivity contribution in [3.05, 3.63) is 48.5 Å². The predicted molar refractivity (Wildman–Crippen MR) is 59.2 cm³/mol. The lowest BCUT2D eigenvalue weighted by Gasteiger charge is -2.04. The molecule has 4 heteroatoms. The Labute approximate surface area is 91.3 Å². The third kappa shape index (κ3) is 2.47. The molecule has 0 fully saturated rings. The van der Waals surface area contributed by atoms with Gasteiger partial charge in [-0.25, -0.2) is 4.39 Å². The number of benzene rings is 1. The number of nitrogen functional groups attached to an aromatic ring is 1. The molecule has 0 saturated carbocycles. The normalized spacial score (nSPS) is 10.2. The van der Waals surface area contributed by atoms with Crippen LogP contribution in [0.25, 0.3) is 0 Å². The van der Waals surface area contributed by atoms with Gasteiger partial charge in [-0.2, -0.15) is 0 Å². The van der Waals surface area contributed by atoms with Gasteiger partial charge in [-0.05, 0) is 30.3 Å². The molecule has 2 rings (SSSR count). The first kappa shape index (κ1) is 9.98. The van der Waals surface area contributed by atoms with E-state index in [1.807, 2.05) is 12.1 Å². The first-order chi connectivity index (χ1) is 7.25. The summed E-state index contributed by atoms with van der Waals surface area (Å²) in [5.41, 5.74) is 6.32. The highest BCUT2D eigenvalue weighted by Gasteiger charge is 2.03. The van der Waals surface area contributed by atoms with E-state index in [1.54, 1.807) is 18.5 Å². The SMILES string of the molecule is Nc1ccc(F)cc1Sc1ccncc1. The van der Waals surface area contributed by atoms with Crippen LogP contribution in [0.5, 0.6) is 0 Å². The van der Waals surface area contributed by atoms with Crippen molar-refractivity contribution in [2.75, 3.05) is 5.73 Å². The molecule has 76 valence electrons. The quantitative estimate of drug-likeness (QED) is 0.791. The number of halogens is 1. The summed E-state index contributed by atoms with van der Waals surface area (Å²) in [7, 11) is 0. The molecule has 2 N–H and O–H groups in total. The van der Waals surface area contributed by atoms with Crippen molar-refractivity contribution in [3.8, 4) is 0 Å². The molecule has 1 heterocycles. The van der Waals surface area contributed by atoms with E-state index in [1.165, 1.54) is 23.9 Å². The molecule has 0 atom stereocenters. The highest BCUT2D eigenvalue weighted by atomic mass is 32.2. The fraction of sp³-hybridized carbons (Fsp3) is 0. The Kier molecular flexibility index (Phi) is 2.87. The summed E-state index contributed by atoms with van der Waals surface area (Å²) >= 11 is 1.42. The zero-order chi connectivity index (χ0) is 10.7. The minimum Gasteiger partial charge on any atom is -0.398 e. The Morgan fingerprint density at radius 3 is 2.60 bits per heavy atom. The van der Waals surface area contributed by atoms with E-state index in [-0.39, 0.29) is 5.82 Å². The van der Waals surface area contributed by atoms with Gasteiger partial charge in [0.1, 0.15) is 5.82 Å². The number of aromatic nitrogens is 1. The highest BCUT2D eigenvalue weighted by Crippen LogP contribution is 2.31. The fourth-order valence-electron chi connectivity index (χ4n) is 1.13. The Hall–Kier alpha value is -1.55. The largest absolute Gasteiger partial charge is 0.398 e. The van der Waals surface area contributed by atoms with E-state index in [9.17, 15) is 4.39 Å². The second kappa shape index (κ2) is 4.31. The van der Waals surface area contributed by atoms with Crippen LogP contribution in [-0.2, 0) is 0 Å². The van der Waals surface area contributed by atoms with Crippen LogP contribution in [0.15, 0.2) is 52.5 Å². The summed E-state index contributed by atoms with van der Waals surface area (Å²) in [6.45, 7) is 0. The van der Waals surface area contributed by atoms with Crippen LogP contribution < -0.4 is 5.73 Å². The van der Waals surface area contributed by atoms with Crippen LogP contribution in [0.1, 0.15) is 0 Å². The maximum atomic E-state index is 13.0. The van der Waals surface area contributed by atoms with E-state index in [4.69, 9.17) is 5.73 Å². The summed E-state index contributed by atoms with van der Waals surface area (Å²) in [4.78, 5) is 5.62. The number of hydrogen-bond acceptors (Lipinski definition) is 3. The van der Waals surface area contributed by atoms with Gasteiger partial charge in [0.25, 0.3) is 0 Å². The second-order valence-electron chi connectivity index (χ2n) is 2.97. The van der Waals surface area contributed by atoms with Crippen LogP contribution in [0.3, 0.4) is 0 Å². The molecular formula is C11H9FN2S. The molecule has 0 aliphatic carbocycles. The number of pyridine rings is 1. The lowest BCUT2D eigenvalue weighted by atomic mass is 10.3. The van der Waals surface area contributed by atoms with Crippen molar-refractivity contribution in [1.82, 2.24) is 4.98 Å². The number of hydrogen-bond donors (Lipinski definition) is 1. The van der Waals surface area contributed by atoms with Crippen LogP contribution in [0.2, 0.25) is 0 Å². The van der Waals surface area contributed by atoms with Crippen molar-refractivity contribution >= 4 is 17.4 Å². The van der Waals surface area contributed by atoms with Gasteiger partial charge in [0.05, 0.1) is 0 Å². The summed E-state index contributed by atoms with van der Waals surface area (Å²) < 4.78 is 13.0. The molecule has 0 amide bonds. The third-order valence-electron chi connectivity index (χ3n) is 1.85. The van der Waals surface area contributed by atoms with Crippen LogP contribution in [-0.4, -0.2) is 4.98 Å². The van der Waals surface area contributed by atoms with E-state index in [0.717, 1.165) is 9.79 Å². The zero-order valence-electron chi connectivity index (χ0n) is 7.85. The van der Waals surface area contributed by atoms with E-state index < -0.39 is 0 Å². The lowest BCUT2D eigenvalue weighted by molar-refractivity contribution is 0.624. The minimum absolute atomic E-state index is 0.277. The van der Waals surface area contributed by atoms with Crippen molar-refractivity contribution in [1.29, 1.82) is 0 Å². The Bertz CT molecular complexity index is 459. The Balaban J connectivity index is 2.28. The fourth-order valence-corrected chi connectivity index (χ4v) is 2.00. The van der Waals surface area contributed by atoms with E-state index in [2.05, 4.69) is 4.98 Å². The molecule has 1 aromatic carbocycles. The zero-order valence-corrected chi connectivity index (χ0v) is 8.67. The smallest absolute Gasteiger partial charge is 0.124 e. The van der Waals surface area contributed by atoms with Gasteiger partial charge >= 0.3 is 0 Å². The Morgan fingerprint density at radius 2 is 1.87 bits per heavy atom. The number of nitrogens with two attached hydrogens (primary N) is 1. The molecule has 0 aliphatic heterocycles. The molecule has 0 radical (unpaired) electrons. The van der Waals surface area contributed by atoms with Crippen LogP contribution >= 0.6 is 11.8 Å². The summed E-state index contributed by atoms with van der Waals surface area (Å²) in [6, 6.07) is 8.06. The van der Waals surface area contributed by atoms with Gasteiger partial charge in [-0.1, -0.05) is 11.8 Å². The Morgan fingerprint density at radius 1 is 1.13 bits per heavy atom. The highest BCUT2D eigenvalue weighted by molar-refractivity contribution is 7.99. The predicted octanol–water partition coefficient (Wildman–Crippen LogP) is 2.95. The molecule has 2 aromatic rings. The van der Waals surface area contributed by atoms with Gasteiger partial charge in [0.15, 0.2) is 0 Å². The van der Waals surface area contributed by atoms with Gasteiger partial charge in [0, 0.05) is 27.9 Å². The van der Waals surface area contributed by atoms with Gasteiger partial charge in [-0.15, -0.1) is 0 Å². The summed E-state index contributed by atoms with van der Waals surface area (Å²) in [5, 5.41) is 0. The first-order valence-electron chi connectivity index (χ1n) is 4.38. The molecule has 2 nitrogen and oxygen atoms in total. The molecule has 0 saturated heterocycles. The van der Waals surface area contributed by atoms with E-state index >= 15 is 0 Å². The molecule has 0 bridgehead atoms. The summed E-state index contributed by atoms with van der Waals surface area (Å²) in [5.74, 6) is -0.277. The molecule has 0 spiro atoms. The monoisotopic (exact) mass is 220 g/mol. The average Bonchev–Trinajstić information content (AvgIpc) is 2.25. The van der Waals surface area contributed by atoms with Gasteiger partial charge in [-0.3, -0.25) is 4.98 Å². The number of rotatable bonds is 2. The van der Waals surface area contributed by atoms with Gasteiger partial charge < -0.3 is 5.73 Å². The summed E-state index contributed by atoms with van der Waals surface area (Å²) in [6.07, 6.45) is 3.38. The maximum Gasteiger partial charge on any atom is 0.124 e. The number of anilines is 1. The molecule has 0 aliphatic rings. The average molecular weight is 220 g/mol. The van der Waals surface area contributed by atoms with Crippen LogP contribution in [0, 0.1) is 5.82 Å². The molecule has 15 heavy (non-hydrogen) atoms. The first-order valence-corrected chi connectivity index (χ1v) is 5.20. The topological polar surface area (TPSA) is 38.9 Å². The molecule has 0 unspecified atom stereocenters. The van der Waals surface area contributed by atoms with Crippen molar-refractivity contribution in [3.63, 3.8) is 0 Å². The van der Waals surface area contributed by atoms with Gasteiger partial charge in [0.2, 0.25) is 0 Å². The lowest BCUT2D eigenvalue weighted by Crippen LogP contribution is -1.89. The third-order valence-corrected chi connectivity index (χ3v) is 2.93. The molecular weight excluding hydrogens is 211 g/mol. The maximum absolute atomic E-state index is 13.0. The standard InChI is InChI=1S/C11H9FN2S/c12-8-1-2-10(13)11(7-8)15-9-3-5-14-6-4-9/h1-7H,13H2. The number of nitrogens with zero attached hydrogens (tertiary/aromatic N) is 1. The van der Waals surface area contributed by atoms with Crippen molar-refractivity contribution < 1.29 is 4.39 Å². The van der Waals surface area contributed by atoms with Crippen LogP contribution in [0.4, 0.5) is 10.1 Å². The minimum atomic E-state index is -0.277. The second-order valence-corrected chi connectivity index (χ2v) is 4.08. The van der Waals surface area contributed by atoms with E-state index in [0.29, 0.717) is 5.69 Å². The molecule has 1 aromatic heterocycles. The van der Waals surface area contributed by atoms with Crippen molar-refractivity contribution in [2.45, 2.75) is 9.79 Å². The van der Waals surface area contributed by atoms with Crippen molar-refractivity contribution in [2.24, 2.45) is 0 Å².